The van der Waals surface area contributed by atoms with Crippen molar-refractivity contribution in [3.05, 3.63) is 0 Å². The van der Waals surface area contributed by atoms with Crippen LogP contribution in [0.15, 0.2) is 0 Å². The summed E-state index contributed by atoms with van der Waals surface area (Å²) in [5.74, 6) is 0.835. The van der Waals surface area contributed by atoms with E-state index in [4.69, 9.17) is 0 Å². The Morgan fingerprint density at radius 3 is 2.58 bits per heavy atom. The predicted molar refractivity (Wildman–Crippen MR) is 51.1 cm³/mol. The van der Waals surface area contributed by atoms with Crippen LogP contribution in [0.1, 0.15) is 33.6 Å². The Balaban J connectivity index is 1.98. The minimum Gasteiger partial charge on any atom is -0.392 e. The Kier molecular flexibility index (Phi) is 3.13. The van der Waals surface area contributed by atoms with Gasteiger partial charge in [-0.05, 0) is 30.7 Å². The molecule has 2 atom stereocenters. The first-order chi connectivity index (χ1) is 5.56. The summed E-state index contributed by atoms with van der Waals surface area (Å²) >= 11 is 0. The maximum absolute atomic E-state index is 9.26. The van der Waals surface area contributed by atoms with Crippen LogP contribution in [-0.2, 0) is 0 Å². The highest BCUT2D eigenvalue weighted by Gasteiger charge is 2.44. The standard InChI is InChI=1S/C10H21NO/c1-4-9(12)7-11-6-8-5-10(8,2)3/h8-9,11-12H,4-7H2,1-3H3. The molecule has 0 aromatic carbocycles. The van der Waals surface area contributed by atoms with Gasteiger partial charge < -0.3 is 10.4 Å². The lowest BCUT2D eigenvalue weighted by molar-refractivity contribution is 0.166. The van der Waals surface area contributed by atoms with Gasteiger partial charge in [0, 0.05) is 6.54 Å². The fourth-order valence-electron chi connectivity index (χ4n) is 1.49. The van der Waals surface area contributed by atoms with Gasteiger partial charge in [-0.1, -0.05) is 20.8 Å². The monoisotopic (exact) mass is 171 g/mol. The first-order valence-corrected chi connectivity index (χ1v) is 4.95. The van der Waals surface area contributed by atoms with Crippen molar-refractivity contribution in [2.75, 3.05) is 13.1 Å². The van der Waals surface area contributed by atoms with Crippen molar-refractivity contribution in [2.45, 2.75) is 39.7 Å². The number of nitrogens with one attached hydrogen (secondary N) is 1. The van der Waals surface area contributed by atoms with Crippen molar-refractivity contribution in [3.8, 4) is 0 Å². The van der Waals surface area contributed by atoms with E-state index in [1.807, 2.05) is 6.92 Å². The minimum atomic E-state index is -0.160. The molecule has 1 fully saturated rings. The summed E-state index contributed by atoms with van der Waals surface area (Å²) in [4.78, 5) is 0. The Bertz CT molecular complexity index is 145. The van der Waals surface area contributed by atoms with E-state index in [0.717, 1.165) is 25.4 Å². The molecule has 12 heavy (non-hydrogen) atoms. The fraction of sp³-hybridized carbons (Fsp3) is 1.00. The number of rotatable bonds is 5. The molecular formula is C10H21NO. The normalized spacial score (nSPS) is 28.5. The smallest absolute Gasteiger partial charge is 0.0662 e. The van der Waals surface area contributed by atoms with E-state index in [0.29, 0.717) is 5.41 Å². The zero-order chi connectivity index (χ0) is 9.19. The molecule has 0 aliphatic heterocycles. The van der Waals surface area contributed by atoms with Crippen molar-refractivity contribution >= 4 is 0 Å². The van der Waals surface area contributed by atoms with Crippen molar-refractivity contribution in [3.63, 3.8) is 0 Å². The number of aliphatic hydroxyl groups excluding tert-OH is 1. The summed E-state index contributed by atoms with van der Waals surface area (Å²) in [6.45, 7) is 8.44. The largest absolute Gasteiger partial charge is 0.392 e. The highest BCUT2D eigenvalue weighted by Crippen LogP contribution is 2.50. The molecule has 1 saturated carbocycles. The Morgan fingerprint density at radius 2 is 2.17 bits per heavy atom. The molecule has 0 aromatic heterocycles. The molecule has 0 spiro atoms. The molecule has 2 N–H and O–H groups in total. The summed E-state index contributed by atoms with van der Waals surface area (Å²) in [7, 11) is 0. The average Bonchev–Trinajstić information content (AvgIpc) is 2.59. The van der Waals surface area contributed by atoms with Gasteiger partial charge in [0.15, 0.2) is 0 Å². The summed E-state index contributed by atoms with van der Waals surface area (Å²) in [5, 5.41) is 12.6. The molecule has 1 aliphatic rings. The van der Waals surface area contributed by atoms with Crippen molar-refractivity contribution in [1.29, 1.82) is 0 Å². The molecule has 1 rings (SSSR count). The highest BCUT2D eigenvalue weighted by molar-refractivity contribution is 4.96. The lowest BCUT2D eigenvalue weighted by Crippen LogP contribution is -2.28. The number of aliphatic hydroxyl groups is 1. The van der Waals surface area contributed by atoms with Gasteiger partial charge in [0.05, 0.1) is 6.10 Å². The lowest BCUT2D eigenvalue weighted by atomic mass is 10.1. The molecule has 0 aromatic rings. The van der Waals surface area contributed by atoms with Crippen LogP contribution in [0.4, 0.5) is 0 Å². The zero-order valence-electron chi connectivity index (χ0n) is 8.43. The second-order valence-electron chi connectivity index (χ2n) is 4.61. The quantitative estimate of drug-likeness (QED) is 0.655. The van der Waals surface area contributed by atoms with E-state index in [1.165, 1.54) is 6.42 Å². The molecule has 1 aliphatic carbocycles. The van der Waals surface area contributed by atoms with E-state index in [-0.39, 0.29) is 6.10 Å². The van der Waals surface area contributed by atoms with Gasteiger partial charge in [0.25, 0.3) is 0 Å². The highest BCUT2D eigenvalue weighted by atomic mass is 16.3. The van der Waals surface area contributed by atoms with Crippen LogP contribution in [0.5, 0.6) is 0 Å². The molecular weight excluding hydrogens is 150 g/mol. The molecule has 0 bridgehead atoms. The van der Waals surface area contributed by atoms with Gasteiger partial charge in [-0.25, -0.2) is 0 Å². The zero-order valence-corrected chi connectivity index (χ0v) is 8.43. The maximum Gasteiger partial charge on any atom is 0.0662 e. The molecule has 2 nitrogen and oxygen atoms in total. The SMILES string of the molecule is CCC(O)CNCC1CC1(C)C. The van der Waals surface area contributed by atoms with Crippen molar-refractivity contribution in [1.82, 2.24) is 5.32 Å². The first-order valence-electron chi connectivity index (χ1n) is 4.95. The fourth-order valence-corrected chi connectivity index (χ4v) is 1.49. The van der Waals surface area contributed by atoms with E-state index >= 15 is 0 Å². The summed E-state index contributed by atoms with van der Waals surface area (Å²) < 4.78 is 0. The van der Waals surface area contributed by atoms with Crippen LogP contribution in [-0.4, -0.2) is 24.3 Å². The Morgan fingerprint density at radius 1 is 1.58 bits per heavy atom. The molecule has 2 unspecified atom stereocenters. The Labute approximate surface area is 75.4 Å². The molecule has 0 amide bonds. The van der Waals surface area contributed by atoms with E-state index in [9.17, 15) is 5.11 Å². The maximum atomic E-state index is 9.26. The van der Waals surface area contributed by atoms with Crippen LogP contribution in [0.25, 0.3) is 0 Å². The van der Waals surface area contributed by atoms with Gasteiger partial charge in [-0.3, -0.25) is 0 Å². The average molecular weight is 171 g/mol. The van der Waals surface area contributed by atoms with Crippen molar-refractivity contribution in [2.24, 2.45) is 11.3 Å². The molecule has 72 valence electrons. The van der Waals surface area contributed by atoms with E-state index in [2.05, 4.69) is 19.2 Å². The van der Waals surface area contributed by atoms with E-state index < -0.39 is 0 Å². The van der Waals surface area contributed by atoms with Crippen molar-refractivity contribution < 1.29 is 5.11 Å². The van der Waals surface area contributed by atoms with Gasteiger partial charge >= 0.3 is 0 Å². The second-order valence-corrected chi connectivity index (χ2v) is 4.61. The van der Waals surface area contributed by atoms with Crippen LogP contribution in [0.3, 0.4) is 0 Å². The summed E-state index contributed by atoms with van der Waals surface area (Å²) in [6, 6.07) is 0. The van der Waals surface area contributed by atoms with Crippen LogP contribution >= 0.6 is 0 Å². The predicted octanol–water partition coefficient (Wildman–Crippen LogP) is 1.39. The van der Waals surface area contributed by atoms with Crippen LogP contribution < -0.4 is 5.32 Å². The Hall–Kier alpha value is -0.0800. The van der Waals surface area contributed by atoms with E-state index in [1.54, 1.807) is 0 Å². The third kappa shape index (κ3) is 2.76. The first kappa shape index (κ1) is 10.0. The third-order valence-electron chi connectivity index (χ3n) is 2.96. The topological polar surface area (TPSA) is 32.3 Å². The van der Waals surface area contributed by atoms with Crippen LogP contribution in [0, 0.1) is 11.3 Å². The summed E-state index contributed by atoms with van der Waals surface area (Å²) in [5.41, 5.74) is 0.560. The molecule has 0 heterocycles. The number of hydrogen-bond acceptors (Lipinski definition) is 2. The third-order valence-corrected chi connectivity index (χ3v) is 2.96. The molecule has 0 saturated heterocycles. The molecule has 2 heteroatoms. The summed E-state index contributed by atoms with van der Waals surface area (Å²) in [6.07, 6.45) is 2.02. The minimum absolute atomic E-state index is 0.160. The van der Waals surface area contributed by atoms with Gasteiger partial charge in [-0.15, -0.1) is 0 Å². The van der Waals surface area contributed by atoms with Gasteiger partial charge in [0.1, 0.15) is 0 Å². The second kappa shape index (κ2) is 3.75. The van der Waals surface area contributed by atoms with Crippen LogP contribution in [0.2, 0.25) is 0 Å². The lowest BCUT2D eigenvalue weighted by Gasteiger charge is -2.09. The molecule has 0 radical (unpaired) electrons. The van der Waals surface area contributed by atoms with Gasteiger partial charge in [-0.2, -0.15) is 0 Å². The van der Waals surface area contributed by atoms with Gasteiger partial charge in [0.2, 0.25) is 0 Å². The number of hydrogen-bond donors (Lipinski definition) is 2.